The van der Waals surface area contributed by atoms with Crippen molar-refractivity contribution < 1.29 is 19.1 Å². The van der Waals surface area contributed by atoms with Crippen molar-refractivity contribution in [1.82, 2.24) is 15.1 Å². The molecule has 2 aliphatic rings. The Bertz CT molecular complexity index is 981. The first-order valence-corrected chi connectivity index (χ1v) is 13.2. The lowest BCUT2D eigenvalue weighted by Gasteiger charge is -2.35. The van der Waals surface area contributed by atoms with Crippen molar-refractivity contribution in [3.8, 4) is 5.75 Å². The Labute approximate surface area is 214 Å². The number of morpholine rings is 1. The molecule has 2 aromatic rings. The zero-order valence-electron chi connectivity index (χ0n) is 21.5. The van der Waals surface area contributed by atoms with Crippen LogP contribution in [-0.4, -0.2) is 66.6 Å². The first-order valence-electron chi connectivity index (χ1n) is 13.2. The fraction of sp³-hybridized carbons (Fsp3) is 0.517. The molecule has 2 fully saturated rings. The smallest absolute Gasteiger partial charge is 0.225 e. The molecule has 0 bridgehead atoms. The molecule has 2 aliphatic heterocycles. The summed E-state index contributed by atoms with van der Waals surface area (Å²) in [6, 6.07) is 17.9. The molecule has 36 heavy (non-hydrogen) atoms. The number of ether oxygens (including phenoxy) is 2. The average molecular weight is 494 g/mol. The quantitative estimate of drug-likeness (QED) is 0.578. The van der Waals surface area contributed by atoms with Gasteiger partial charge in [-0.05, 0) is 49.9 Å². The number of amides is 2. The molecule has 0 spiro atoms. The van der Waals surface area contributed by atoms with Crippen LogP contribution in [0.3, 0.4) is 0 Å². The summed E-state index contributed by atoms with van der Waals surface area (Å²) in [5.41, 5.74) is 2.40. The van der Waals surface area contributed by atoms with Crippen molar-refractivity contribution in [1.29, 1.82) is 0 Å². The Morgan fingerprint density at radius 2 is 1.58 bits per heavy atom. The molecule has 2 unspecified atom stereocenters. The van der Waals surface area contributed by atoms with Crippen LogP contribution in [0.4, 0.5) is 0 Å². The second-order valence-electron chi connectivity index (χ2n) is 10.0. The van der Waals surface area contributed by atoms with Crippen LogP contribution in [0.25, 0.3) is 0 Å². The normalized spacial score (nSPS) is 21.2. The van der Waals surface area contributed by atoms with Crippen LogP contribution >= 0.6 is 0 Å². The first-order chi connectivity index (χ1) is 17.5. The molecule has 0 aliphatic carbocycles. The predicted octanol–water partition coefficient (Wildman–Crippen LogP) is 3.62. The van der Waals surface area contributed by atoms with Gasteiger partial charge in [0.15, 0.2) is 0 Å². The van der Waals surface area contributed by atoms with Crippen molar-refractivity contribution in [2.75, 3.05) is 32.8 Å². The van der Waals surface area contributed by atoms with Crippen LogP contribution in [-0.2, 0) is 27.4 Å². The Morgan fingerprint density at radius 3 is 2.28 bits per heavy atom. The van der Waals surface area contributed by atoms with Gasteiger partial charge in [-0.15, -0.1) is 0 Å². The van der Waals surface area contributed by atoms with Crippen molar-refractivity contribution >= 4 is 11.8 Å². The number of carbonyl (C=O) groups is 2. The fourth-order valence-electron chi connectivity index (χ4n) is 5.19. The highest BCUT2D eigenvalue weighted by atomic mass is 16.5. The summed E-state index contributed by atoms with van der Waals surface area (Å²) < 4.78 is 11.5. The molecule has 0 saturated carbocycles. The lowest BCUT2D eigenvalue weighted by Crippen LogP contribution is -2.45. The SMILES string of the molecule is CC1CN(Cc2ccccc2CNC(=O)C2CCN(C(=O)CCOc3ccccc3)CC2)CC(C)O1. The Kier molecular flexibility index (Phi) is 9.36. The van der Waals surface area contributed by atoms with Crippen LogP contribution in [0.15, 0.2) is 54.6 Å². The molecular weight excluding hydrogens is 454 g/mol. The summed E-state index contributed by atoms with van der Waals surface area (Å²) in [5.74, 6) is 0.891. The number of likely N-dealkylation sites (tertiary alicyclic amines) is 1. The van der Waals surface area contributed by atoms with Gasteiger partial charge in [0.2, 0.25) is 11.8 Å². The van der Waals surface area contributed by atoms with Crippen LogP contribution < -0.4 is 10.1 Å². The Balaban J connectivity index is 1.19. The lowest BCUT2D eigenvalue weighted by molar-refractivity contribution is -0.136. The van der Waals surface area contributed by atoms with Gasteiger partial charge in [0.25, 0.3) is 0 Å². The molecule has 2 heterocycles. The molecule has 2 atom stereocenters. The average Bonchev–Trinajstić information content (AvgIpc) is 2.88. The van der Waals surface area contributed by atoms with Gasteiger partial charge in [0, 0.05) is 45.2 Å². The molecular formula is C29H39N3O4. The molecule has 1 N–H and O–H groups in total. The van der Waals surface area contributed by atoms with Crippen LogP contribution in [0.5, 0.6) is 5.75 Å². The van der Waals surface area contributed by atoms with E-state index in [0.29, 0.717) is 45.5 Å². The maximum absolute atomic E-state index is 12.9. The molecule has 0 radical (unpaired) electrons. The number of hydrogen-bond acceptors (Lipinski definition) is 5. The number of hydrogen-bond donors (Lipinski definition) is 1. The van der Waals surface area contributed by atoms with Crippen LogP contribution in [0.2, 0.25) is 0 Å². The van der Waals surface area contributed by atoms with E-state index in [0.717, 1.165) is 30.9 Å². The Morgan fingerprint density at radius 1 is 0.944 bits per heavy atom. The minimum absolute atomic E-state index is 0.0530. The topological polar surface area (TPSA) is 71.1 Å². The third-order valence-corrected chi connectivity index (χ3v) is 7.01. The molecule has 2 saturated heterocycles. The fourth-order valence-corrected chi connectivity index (χ4v) is 5.19. The van der Waals surface area contributed by atoms with E-state index in [1.165, 1.54) is 5.56 Å². The third-order valence-electron chi connectivity index (χ3n) is 7.01. The maximum atomic E-state index is 12.9. The summed E-state index contributed by atoms with van der Waals surface area (Å²) >= 11 is 0. The van der Waals surface area contributed by atoms with Crippen molar-refractivity contribution in [3.05, 3.63) is 65.7 Å². The van der Waals surface area contributed by atoms with E-state index in [-0.39, 0.29) is 29.9 Å². The lowest BCUT2D eigenvalue weighted by atomic mass is 9.95. The van der Waals surface area contributed by atoms with Gasteiger partial charge < -0.3 is 19.7 Å². The second-order valence-corrected chi connectivity index (χ2v) is 10.0. The van der Waals surface area contributed by atoms with Gasteiger partial charge in [-0.25, -0.2) is 0 Å². The summed E-state index contributed by atoms with van der Waals surface area (Å²) in [7, 11) is 0. The highest BCUT2D eigenvalue weighted by molar-refractivity contribution is 5.80. The Hall–Kier alpha value is -2.90. The summed E-state index contributed by atoms with van der Waals surface area (Å²) in [4.78, 5) is 29.7. The molecule has 7 nitrogen and oxygen atoms in total. The first kappa shape index (κ1) is 26.2. The van der Waals surface area contributed by atoms with E-state index < -0.39 is 0 Å². The molecule has 7 heteroatoms. The van der Waals surface area contributed by atoms with Crippen molar-refractivity contribution in [3.63, 3.8) is 0 Å². The van der Waals surface area contributed by atoms with Crippen molar-refractivity contribution in [2.24, 2.45) is 5.92 Å². The number of nitrogens with one attached hydrogen (secondary N) is 1. The molecule has 4 rings (SSSR count). The summed E-state index contributed by atoms with van der Waals surface area (Å²) in [6.45, 7) is 9.06. The van der Waals surface area contributed by atoms with Gasteiger partial charge >= 0.3 is 0 Å². The van der Waals surface area contributed by atoms with Crippen LogP contribution in [0.1, 0.15) is 44.2 Å². The summed E-state index contributed by atoms with van der Waals surface area (Å²) in [5, 5.41) is 3.15. The minimum atomic E-state index is -0.0530. The molecule has 2 amide bonds. The zero-order valence-corrected chi connectivity index (χ0v) is 21.5. The molecule has 194 valence electrons. The van der Waals surface area contributed by atoms with Gasteiger partial charge in [0.05, 0.1) is 25.2 Å². The maximum Gasteiger partial charge on any atom is 0.225 e. The largest absolute Gasteiger partial charge is 0.493 e. The van der Waals surface area contributed by atoms with Gasteiger partial charge in [-0.3, -0.25) is 14.5 Å². The number of piperidine rings is 1. The highest BCUT2D eigenvalue weighted by Crippen LogP contribution is 2.20. The minimum Gasteiger partial charge on any atom is -0.493 e. The predicted molar refractivity (Wildman–Crippen MR) is 139 cm³/mol. The highest BCUT2D eigenvalue weighted by Gasteiger charge is 2.27. The number of para-hydroxylation sites is 1. The van der Waals surface area contributed by atoms with Crippen LogP contribution in [0, 0.1) is 5.92 Å². The van der Waals surface area contributed by atoms with E-state index >= 15 is 0 Å². The molecule has 0 aromatic heterocycles. The van der Waals surface area contributed by atoms with E-state index in [1.54, 1.807) is 0 Å². The van der Waals surface area contributed by atoms with Gasteiger partial charge in [-0.2, -0.15) is 0 Å². The van der Waals surface area contributed by atoms with E-state index in [1.807, 2.05) is 41.3 Å². The monoisotopic (exact) mass is 493 g/mol. The van der Waals surface area contributed by atoms with E-state index in [2.05, 4.69) is 42.3 Å². The number of benzene rings is 2. The third kappa shape index (κ3) is 7.55. The standard InChI is InChI=1S/C29H39N3O4/c1-22-19-31(20-23(2)36-22)21-26-9-7-6-8-25(26)18-30-29(34)24-12-15-32(16-13-24)28(33)14-17-35-27-10-4-3-5-11-27/h3-11,22-24H,12-21H2,1-2H3,(H,30,34). The number of nitrogens with zero attached hydrogens (tertiary/aromatic N) is 2. The number of carbonyl (C=O) groups excluding carboxylic acids is 2. The molecule has 2 aromatic carbocycles. The second kappa shape index (κ2) is 12.9. The van der Waals surface area contributed by atoms with E-state index in [4.69, 9.17) is 9.47 Å². The zero-order chi connectivity index (χ0) is 25.3. The van der Waals surface area contributed by atoms with Crippen molar-refractivity contribution in [2.45, 2.75) is 58.4 Å². The van der Waals surface area contributed by atoms with Gasteiger partial charge in [-0.1, -0.05) is 42.5 Å². The number of rotatable bonds is 9. The van der Waals surface area contributed by atoms with E-state index in [9.17, 15) is 9.59 Å². The van der Waals surface area contributed by atoms with Gasteiger partial charge in [0.1, 0.15) is 5.75 Å². The summed E-state index contributed by atoms with van der Waals surface area (Å²) in [6.07, 6.45) is 2.21.